The van der Waals surface area contributed by atoms with Gasteiger partial charge in [-0.15, -0.1) is 0 Å². The van der Waals surface area contributed by atoms with Crippen LogP contribution in [0, 0.1) is 0 Å². The van der Waals surface area contributed by atoms with Crippen LogP contribution in [0.3, 0.4) is 0 Å². The van der Waals surface area contributed by atoms with Gasteiger partial charge in [0.1, 0.15) is 5.78 Å². The maximum atomic E-state index is 11.4. The number of aryl methyl sites for hydroxylation is 2. The molecule has 0 saturated carbocycles. The van der Waals surface area contributed by atoms with Crippen molar-refractivity contribution in [3.8, 4) is 0 Å². The van der Waals surface area contributed by atoms with Crippen LogP contribution >= 0.6 is 11.6 Å². The molecule has 0 spiro atoms. The summed E-state index contributed by atoms with van der Waals surface area (Å²) in [5.74, 6) is -0.653. The number of benzene rings is 4. The van der Waals surface area contributed by atoms with Crippen LogP contribution in [-0.4, -0.2) is 34.8 Å². The Balaban J connectivity index is 1.40. The third-order valence-corrected chi connectivity index (χ3v) is 8.76. The van der Waals surface area contributed by atoms with Crippen LogP contribution in [0.5, 0.6) is 0 Å². The molecule has 6 heteroatoms. The highest BCUT2D eigenvalue weighted by atomic mass is 35.5. The first-order valence-electron chi connectivity index (χ1n) is 16.9. The van der Waals surface area contributed by atoms with Gasteiger partial charge in [-0.05, 0) is 91.2 Å². The van der Waals surface area contributed by atoms with Gasteiger partial charge in [0.2, 0.25) is 0 Å². The van der Waals surface area contributed by atoms with Gasteiger partial charge in [-0.25, -0.2) is 4.79 Å². The molecule has 0 aromatic heterocycles. The first kappa shape index (κ1) is 36.1. The van der Waals surface area contributed by atoms with Gasteiger partial charge in [-0.1, -0.05) is 116 Å². The molecule has 0 amide bonds. The molecule has 1 unspecified atom stereocenters. The number of rotatable bonds is 21. The Morgan fingerprint density at radius 3 is 2.00 bits per heavy atom. The number of carboxylic acids is 1. The summed E-state index contributed by atoms with van der Waals surface area (Å²) in [6, 6.07) is 34.3. The number of carbonyl (C=O) groups is 2. The molecule has 0 aliphatic heterocycles. The third kappa shape index (κ3) is 13.5. The molecule has 0 fully saturated rings. The highest BCUT2D eigenvalue weighted by Crippen LogP contribution is 2.25. The molecular weight excluding hydrogens is 606 g/mol. The third-order valence-electron chi connectivity index (χ3n) is 8.52. The minimum atomic E-state index is -0.921. The Hall–Kier alpha value is -3.77. The van der Waals surface area contributed by atoms with Crippen molar-refractivity contribution in [1.82, 2.24) is 4.90 Å². The second-order valence-electron chi connectivity index (χ2n) is 12.5. The molecule has 0 radical (unpaired) electrons. The van der Waals surface area contributed by atoms with E-state index in [1.165, 1.54) is 11.1 Å². The molecule has 0 aliphatic rings. The van der Waals surface area contributed by atoms with Gasteiger partial charge in [-0.3, -0.25) is 4.90 Å². The quantitative estimate of drug-likeness (QED) is 0.0907. The van der Waals surface area contributed by atoms with Crippen molar-refractivity contribution in [2.24, 2.45) is 0 Å². The van der Waals surface area contributed by atoms with Crippen LogP contribution in [-0.2, 0) is 35.5 Å². The molecule has 4 rings (SSSR count). The summed E-state index contributed by atoms with van der Waals surface area (Å²) in [7, 11) is 0. The Morgan fingerprint density at radius 2 is 1.34 bits per heavy atom. The van der Waals surface area contributed by atoms with E-state index in [-0.39, 0.29) is 17.5 Å². The first-order chi connectivity index (χ1) is 22.9. The fourth-order valence-electron chi connectivity index (χ4n) is 5.79. The summed E-state index contributed by atoms with van der Waals surface area (Å²) in [5.41, 5.74) is 6.17. The molecule has 4 aromatic rings. The van der Waals surface area contributed by atoms with Crippen molar-refractivity contribution in [3.05, 3.63) is 142 Å². The number of nitrogens with zero attached hydrogens (tertiary/aromatic N) is 1. The molecule has 4 aromatic carbocycles. The van der Waals surface area contributed by atoms with E-state index in [4.69, 9.17) is 16.3 Å². The summed E-state index contributed by atoms with van der Waals surface area (Å²) < 4.78 is 6.64. The lowest BCUT2D eigenvalue weighted by atomic mass is 10.0. The van der Waals surface area contributed by atoms with Crippen molar-refractivity contribution < 1.29 is 19.4 Å². The summed E-state index contributed by atoms with van der Waals surface area (Å²) in [6.07, 6.45) is 9.02. The number of aromatic carboxylic acids is 1. The van der Waals surface area contributed by atoms with Crippen LogP contribution in [0.15, 0.2) is 103 Å². The molecule has 0 saturated heterocycles. The summed E-state index contributed by atoms with van der Waals surface area (Å²) >= 11 is 6.44. The number of hydrogen-bond acceptors (Lipinski definition) is 4. The zero-order valence-electron chi connectivity index (χ0n) is 27.6. The van der Waals surface area contributed by atoms with Gasteiger partial charge in [0.15, 0.2) is 0 Å². The SMILES string of the molecule is CC(=O)CCCCCCCCN(Cc1ccc(C(=O)O)cc1)CC(OCc1ccc(CCc2ccccc2)cc1)c1cccc(Cl)c1. The fraction of sp³-hybridized carbons (Fsp3) is 0.366. The number of carbonyl (C=O) groups excluding carboxylic acids is 1. The molecule has 1 N–H and O–H groups in total. The van der Waals surface area contributed by atoms with Crippen molar-refractivity contribution in [2.45, 2.75) is 84.0 Å². The van der Waals surface area contributed by atoms with E-state index in [0.29, 0.717) is 31.1 Å². The van der Waals surface area contributed by atoms with Crippen molar-refractivity contribution in [3.63, 3.8) is 0 Å². The van der Waals surface area contributed by atoms with Crippen LogP contribution in [0.4, 0.5) is 0 Å². The molecule has 5 nitrogen and oxygen atoms in total. The highest BCUT2D eigenvalue weighted by molar-refractivity contribution is 6.30. The average molecular weight is 654 g/mol. The zero-order valence-corrected chi connectivity index (χ0v) is 28.3. The van der Waals surface area contributed by atoms with Crippen molar-refractivity contribution in [1.29, 1.82) is 0 Å². The highest BCUT2D eigenvalue weighted by Gasteiger charge is 2.19. The number of ether oxygens (including phenoxy) is 1. The lowest BCUT2D eigenvalue weighted by Gasteiger charge is -2.28. The average Bonchev–Trinajstić information content (AvgIpc) is 3.07. The number of halogens is 1. The molecule has 248 valence electrons. The van der Waals surface area contributed by atoms with Crippen molar-refractivity contribution in [2.75, 3.05) is 13.1 Å². The monoisotopic (exact) mass is 653 g/mol. The number of hydrogen-bond donors (Lipinski definition) is 1. The van der Waals surface area contributed by atoms with Gasteiger partial charge in [-0.2, -0.15) is 0 Å². The predicted octanol–water partition coefficient (Wildman–Crippen LogP) is 9.90. The minimum absolute atomic E-state index is 0.198. The Bertz CT molecular complexity index is 1500. The van der Waals surface area contributed by atoms with Crippen LogP contribution in [0.1, 0.15) is 96.1 Å². The smallest absolute Gasteiger partial charge is 0.335 e. The molecule has 1 atom stereocenters. The Morgan fingerprint density at radius 1 is 0.723 bits per heavy atom. The van der Waals surface area contributed by atoms with Crippen LogP contribution in [0.2, 0.25) is 5.02 Å². The van der Waals surface area contributed by atoms with Gasteiger partial charge in [0.25, 0.3) is 0 Å². The van der Waals surface area contributed by atoms with E-state index in [0.717, 1.165) is 74.6 Å². The molecular formula is C41H48ClNO4. The second-order valence-corrected chi connectivity index (χ2v) is 12.9. The fourth-order valence-corrected chi connectivity index (χ4v) is 5.99. The van der Waals surface area contributed by atoms with E-state index in [1.807, 2.05) is 30.3 Å². The standard InChI is InChI=1S/C41H48ClNO4/c1-32(44)12-7-4-2-3-5-10-27-43(29-35-23-25-37(26-24-35)41(45)46)30-40(38-15-11-16-39(42)28-38)47-31-36-21-19-34(20-22-36)18-17-33-13-8-6-9-14-33/h6,8-9,11,13-16,19-26,28,40H,2-5,7,10,12,17-18,27,29-31H2,1H3,(H,45,46). The predicted molar refractivity (Wildman–Crippen MR) is 191 cm³/mol. The van der Waals surface area contributed by atoms with E-state index >= 15 is 0 Å². The van der Waals surface area contributed by atoms with E-state index in [9.17, 15) is 14.7 Å². The minimum Gasteiger partial charge on any atom is -0.478 e. The first-order valence-corrected chi connectivity index (χ1v) is 17.3. The summed E-state index contributed by atoms with van der Waals surface area (Å²) in [4.78, 5) is 25.0. The number of Topliss-reactive ketones (excluding diaryl/α,β-unsaturated/α-hetero) is 1. The van der Waals surface area contributed by atoms with Gasteiger partial charge in [0.05, 0.1) is 18.3 Å². The topological polar surface area (TPSA) is 66.8 Å². The van der Waals surface area contributed by atoms with Gasteiger partial charge in [0, 0.05) is 24.5 Å². The molecule has 47 heavy (non-hydrogen) atoms. The number of carboxylic acid groups (broad SMARTS) is 1. The van der Waals surface area contributed by atoms with Crippen LogP contribution < -0.4 is 0 Å². The maximum Gasteiger partial charge on any atom is 0.335 e. The lowest BCUT2D eigenvalue weighted by molar-refractivity contribution is -0.117. The van der Waals surface area contributed by atoms with E-state index in [2.05, 4.69) is 65.6 Å². The zero-order chi connectivity index (χ0) is 33.3. The maximum absolute atomic E-state index is 11.4. The van der Waals surface area contributed by atoms with E-state index < -0.39 is 5.97 Å². The Labute approximate surface area is 285 Å². The number of ketones is 1. The van der Waals surface area contributed by atoms with Crippen LogP contribution in [0.25, 0.3) is 0 Å². The molecule has 0 aliphatic carbocycles. The summed E-state index contributed by atoms with van der Waals surface area (Å²) in [6.45, 7) is 4.40. The molecule has 0 bridgehead atoms. The normalized spacial score (nSPS) is 11.9. The van der Waals surface area contributed by atoms with Gasteiger partial charge < -0.3 is 14.6 Å². The van der Waals surface area contributed by atoms with Crippen molar-refractivity contribution >= 4 is 23.4 Å². The summed E-state index contributed by atoms with van der Waals surface area (Å²) in [5, 5.41) is 10.0. The largest absolute Gasteiger partial charge is 0.478 e. The number of unbranched alkanes of at least 4 members (excludes halogenated alkanes) is 5. The van der Waals surface area contributed by atoms with Gasteiger partial charge >= 0.3 is 5.97 Å². The molecule has 0 heterocycles. The second kappa shape index (κ2) is 19.8. The Kier molecular flexibility index (Phi) is 15.2. The lowest BCUT2D eigenvalue weighted by Crippen LogP contribution is -2.30. The van der Waals surface area contributed by atoms with E-state index in [1.54, 1.807) is 19.1 Å².